The molecule has 0 atom stereocenters. The first kappa shape index (κ1) is 16.2. The standard InChI is InChI=1S/C20H27P/c1-15(2)19-11-7-5-9-17(19)13-21-14-18-10-6-8-12-20(18)16(3)4/h5-12,15-16,21H,13-14H2,1-4H3. The van der Waals surface area contributed by atoms with Gasteiger partial charge in [0.25, 0.3) is 0 Å². The van der Waals surface area contributed by atoms with E-state index in [2.05, 4.69) is 76.2 Å². The Hall–Kier alpha value is -1.13. The van der Waals surface area contributed by atoms with Gasteiger partial charge in [0.2, 0.25) is 0 Å². The van der Waals surface area contributed by atoms with E-state index < -0.39 is 0 Å². The molecule has 2 aromatic carbocycles. The minimum absolute atomic E-state index is 0.619. The number of rotatable bonds is 6. The van der Waals surface area contributed by atoms with E-state index in [1.807, 2.05) is 0 Å². The van der Waals surface area contributed by atoms with Crippen LogP contribution >= 0.6 is 8.58 Å². The van der Waals surface area contributed by atoms with Gasteiger partial charge in [0.15, 0.2) is 0 Å². The van der Waals surface area contributed by atoms with Gasteiger partial charge >= 0.3 is 0 Å². The smallest absolute Gasteiger partial charge is 0.00948 e. The molecule has 0 bridgehead atoms. The Bertz CT molecular complexity index is 518. The van der Waals surface area contributed by atoms with Crippen LogP contribution in [0.3, 0.4) is 0 Å². The van der Waals surface area contributed by atoms with Gasteiger partial charge in [-0.2, -0.15) is 0 Å². The van der Waals surface area contributed by atoms with E-state index in [1.54, 1.807) is 0 Å². The molecule has 0 unspecified atom stereocenters. The molecule has 0 aliphatic carbocycles. The Labute approximate surface area is 131 Å². The molecule has 112 valence electrons. The zero-order valence-electron chi connectivity index (χ0n) is 13.7. The van der Waals surface area contributed by atoms with Crippen LogP contribution < -0.4 is 0 Å². The molecule has 0 radical (unpaired) electrons. The maximum atomic E-state index is 2.30. The molecule has 0 nitrogen and oxygen atoms in total. The van der Waals surface area contributed by atoms with Crippen LogP contribution in [-0.2, 0) is 12.3 Å². The van der Waals surface area contributed by atoms with E-state index in [1.165, 1.54) is 34.6 Å². The van der Waals surface area contributed by atoms with Crippen LogP contribution in [0, 0.1) is 0 Å². The Kier molecular flexibility index (Phi) is 6.00. The highest BCUT2D eigenvalue weighted by Crippen LogP contribution is 2.31. The van der Waals surface area contributed by atoms with Crippen molar-refractivity contribution in [3.8, 4) is 0 Å². The molecule has 2 rings (SSSR count). The molecule has 0 N–H and O–H groups in total. The molecule has 0 aliphatic rings. The lowest BCUT2D eigenvalue weighted by Crippen LogP contribution is -1.96. The second kappa shape index (κ2) is 7.76. The van der Waals surface area contributed by atoms with Crippen molar-refractivity contribution in [1.82, 2.24) is 0 Å². The molecule has 0 aromatic heterocycles. The zero-order valence-corrected chi connectivity index (χ0v) is 14.7. The second-order valence-electron chi connectivity index (χ2n) is 6.31. The van der Waals surface area contributed by atoms with Crippen molar-refractivity contribution in [2.45, 2.75) is 51.9 Å². The first-order chi connectivity index (χ1) is 10.1. The van der Waals surface area contributed by atoms with Crippen LogP contribution in [0.5, 0.6) is 0 Å². The average Bonchev–Trinajstić information content (AvgIpc) is 2.48. The molecule has 0 saturated heterocycles. The van der Waals surface area contributed by atoms with Crippen molar-refractivity contribution in [3.05, 3.63) is 70.8 Å². The van der Waals surface area contributed by atoms with Crippen LogP contribution in [0.2, 0.25) is 0 Å². The summed E-state index contributed by atoms with van der Waals surface area (Å²) < 4.78 is 0. The maximum absolute atomic E-state index is 2.30. The summed E-state index contributed by atoms with van der Waals surface area (Å²) in [6.45, 7) is 9.15. The molecule has 2 aromatic rings. The molecule has 0 fully saturated rings. The van der Waals surface area contributed by atoms with Gasteiger partial charge in [-0.3, -0.25) is 0 Å². The van der Waals surface area contributed by atoms with Crippen molar-refractivity contribution in [2.24, 2.45) is 0 Å². The SMILES string of the molecule is CC(C)c1ccccc1CPCc1ccccc1C(C)C. The highest BCUT2D eigenvalue weighted by atomic mass is 31.1. The molecule has 0 saturated carbocycles. The monoisotopic (exact) mass is 298 g/mol. The fourth-order valence-electron chi connectivity index (χ4n) is 2.85. The number of benzene rings is 2. The summed E-state index contributed by atoms with van der Waals surface area (Å²) in [5, 5.41) is 0. The molecule has 1 heteroatoms. The highest BCUT2D eigenvalue weighted by Gasteiger charge is 2.08. The van der Waals surface area contributed by atoms with Crippen molar-refractivity contribution < 1.29 is 0 Å². The van der Waals surface area contributed by atoms with Gasteiger partial charge in [-0.05, 0) is 46.4 Å². The summed E-state index contributed by atoms with van der Waals surface area (Å²) in [5.41, 5.74) is 6.10. The van der Waals surface area contributed by atoms with E-state index in [-0.39, 0.29) is 0 Å². The molecular weight excluding hydrogens is 271 g/mol. The van der Waals surface area contributed by atoms with Gasteiger partial charge < -0.3 is 0 Å². The molecule has 0 spiro atoms. The van der Waals surface area contributed by atoms with Crippen molar-refractivity contribution >= 4 is 8.58 Å². The molecule has 21 heavy (non-hydrogen) atoms. The predicted octanol–water partition coefficient (Wildman–Crippen LogP) is 6.31. The van der Waals surface area contributed by atoms with Gasteiger partial charge in [0.05, 0.1) is 0 Å². The second-order valence-corrected chi connectivity index (χ2v) is 7.52. The summed E-state index contributed by atoms with van der Waals surface area (Å²) in [6.07, 6.45) is 2.42. The van der Waals surface area contributed by atoms with E-state index in [0.717, 1.165) is 8.58 Å². The Morgan fingerprint density at radius 2 is 1.05 bits per heavy atom. The summed E-state index contributed by atoms with van der Waals surface area (Å²) in [7, 11) is 0.965. The number of hydrogen-bond donors (Lipinski definition) is 0. The normalized spacial score (nSPS) is 11.3. The molecule has 0 amide bonds. The van der Waals surface area contributed by atoms with Gasteiger partial charge in [-0.25, -0.2) is 0 Å². The van der Waals surface area contributed by atoms with Crippen molar-refractivity contribution in [1.29, 1.82) is 0 Å². The lowest BCUT2D eigenvalue weighted by Gasteiger charge is -2.15. The van der Waals surface area contributed by atoms with Gasteiger partial charge in [0, 0.05) is 0 Å². The summed E-state index contributed by atoms with van der Waals surface area (Å²) in [5.74, 6) is 1.24. The fourth-order valence-corrected chi connectivity index (χ4v) is 4.16. The third-order valence-electron chi connectivity index (χ3n) is 3.99. The first-order valence-corrected chi connectivity index (χ1v) is 9.37. The third kappa shape index (κ3) is 4.42. The average molecular weight is 298 g/mol. The van der Waals surface area contributed by atoms with Crippen molar-refractivity contribution in [2.75, 3.05) is 0 Å². The van der Waals surface area contributed by atoms with Crippen molar-refractivity contribution in [3.63, 3.8) is 0 Å². The summed E-state index contributed by atoms with van der Waals surface area (Å²) in [4.78, 5) is 0. The quantitative estimate of drug-likeness (QED) is 0.548. The van der Waals surface area contributed by atoms with Gasteiger partial charge in [-0.15, -0.1) is 8.58 Å². The van der Waals surface area contributed by atoms with E-state index in [0.29, 0.717) is 11.8 Å². The summed E-state index contributed by atoms with van der Waals surface area (Å²) >= 11 is 0. The Morgan fingerprint density at radius 1 is 0.667 bits per heavy atom. The van der Waals surface area contributed by atoms with Gasteiger partial charge in [-0.1, -0.05) is 76.2 Å². The topological polar surface area (TPSA) is 0 Å². The van der Waals surface area contributed by atoms with E-state index in [4.69, 9.17) is 0 Å². The van der Waals surface area contributed by atoms with Crippen LogP contribution in [0.25, 0.3) is 0 Å². The Balaban J connectivity index is 2.03. The predicted molar refractivity (Wildman–Crippen MR) is 96.8 cm³/mol. The van der Waals surface area contributed by atoms with E-state index >= 15 is 0 Å². The molecule has 0 aliphatic heterocycles. The minimum Gasteiger partial charge on any atom is -0.113 e. The largest absolute Gasteiger partial charge is 0.113 e. The fraction of sp³-hybridized carbons (Fsp3) is 0.400. The number of hydrogen-bond acceptors (Lipinski definition) is 0. The van der Waals surface area contributed by atoms with Crippen LogP contribution in [0.1, 0.15) is 61.8 Å². The molecule has 0 heterocycles. The zero-order chi connectivity index (χ0) is 15.2. The van der Waals surface area contributed by atoms with Crippen LogP contribution in [0.15, 0.2) is 48.5 Å². The maximum Gasteiger partial charge on any atom is -0.00948 e. The van der Waals surface area contributed by atoms with Gasteiger partial charge in [0.1, 0.15) is 0 Å². The lowest BCUT2D eigenvalue weighted by atomic mass is 9.98. The van der Waals surface area contributed by atoms with E-state index in [9.17, 15) is 0 Å². The van der Waals surface area contributed by atoms with Crippen LogP contribution in [-0.4, -0.2) is 0 Å². The first-order valence-electron chi connectivity index (χ1n) is 7.96. The summed E-state index contributed by atoms with van der Waals surface area (Å²) in [6, 6.07) is 17.8. The Morgan fingerprint density at radius 3 is 1.43 bits per heavy atom. The third-order valence-corrected chi connectivity index (χ3v) is 5.25. The highest BCUT2D eigenvalue weighted by molar-refractivity contribution is 7.36. The lowest BCUT2D eigenvalue weighted by molar-refractivity contribution is 0.852. The minimum atomic E-state index is 0.619. The van der Waals surface area contributed by atoms with Crippen LogP contribution in [0.4, 0.5) is 0 Å². The molecular formula is C20H27P.